The van der Waals surface area contributed by atoms with Gasteiger partial charge in [0.05, 0.1) is 11.1 Å². The minimum atomic E-state index is -0.452. The fraction of sp³-hybridized carbons (Fsp3) is 0.500. The number of benzene rings is 1. The molecule has 0 heterocycles. The van der Waals surface area contributed by atoms with Crippen LogP contribution in [-0.4, -0.2) is 30.3 Å². The van der Waals surface area contributed by atoms with Gasteiger partial charge in [-0.05, 0) is 43.4 Å². The third-order valence-corrected chi connectivity index (χ3v) is 3.65. The molecule has 0 aromatic heterocycles. The zero-order valence-corrected chi connectivity index (χ0v) is 11.7. The Morgan fingerprint density at radius 1 is 1.50 bits per heavy atom. The average Bonchev–Trinajstić information content (AvgIpc) is 2.81. The highest BCUT2D eigenvalue weighted by Gasteiger charge is 2.22. The maximum Gasteiger partial charge on any atom is 0.257 e. The molecule has 0 saturated heterocycles. The molecule has 2 N–H and O–H groups in total. The van der Waals surface area contributed by atoms with E-state index in [2.05, 4.69) is 5.32 Å². The van der Waals surface area contributed by atoms with E-state index in [1.54, 1.807) is 0 Å². The Labute approximate surface area is 121 Å². The van der Waals surface area contributed by atoms with Crippen LogP contribution in [0.4, 0.5) is 4.39 Å². The van der Waals surface area contributed by atoms with Gasteiger partial charge in [-0.3, -0.25) is 4.79 Å². The highest BCUT2D eigenvalue weighted by molar-refractivity contribution is 6.32. The first-order valence-corrected chi connectivity index (χ1v) is 6.95. The Morgan fingerprint density at radius 3 is 2.95 bits per heavy atom. The first-order chi connectivity index (χ1) is 9.54. The number of amides is 1. The van der Waals surface area contributed by atoms with E-state index in [-0.39, 0.29) is 29.4 Å². The van der Waals surface area contributed by atoms with Crippen molar-refractivity contribution < 1.29 is 19.0 Å². The van der Waals surface area contributed by atoms with Gasteiger partial charge < -0.3 is 15.2 Å². The molecular formula is C14H17ClFNO3. The third kappa shape index (κ3) is 4.35. The van der Waals surface area contributed by atoms with Crippen LogP contribution in [0.2, 0.25) is 5.02 Å². The Hall–Kier alpha value is -1.33. The largest absolute Gasteiger partial charge is 0.482 e. The third-order valence-electron chi connectivity index (χ3n) is 3.35. The predicted octanol–water partition coefficient (Wildman–Crippen LogP) is 2.14. The van der Waals surface area contributed by atoms with Crippen molar-refractivity contribution in [1.29, 1.82) is 0 Å². The Balaban J connectivity index is 1.72. The maximum absolute atomic E-state index is 12.8. The summed E-state index contributed by atoms with van der Waals surface area (Å²) < 4.78 is 18.1. The number of rotatable bonds is 5. The van der Waals surface area contributed by atoms with Crippen LogP contribution in [0.1, 0.15) is 19.3 Å². The van der Waals surface area contributed by atoms with Gasteiger partial charge in [-0.2, -0.15) is 0 Å². The zero-order chi connectivity index (χ0) is 14.5. The summed E-state index contributed by atoms with van der Waals surface area (Å²) >= 11 is 5.79. The van der Waals surface area contributed by atoms with Gasteiger partial charge in [0.15, 0.2) is 6.61 Å². The average molecular weight is 302 g/mol. The number of hydrogen-bond donors (Lipinski definition) is 2. The molecule has 0 spiro atoms. The number of nitrogens with one attached hydrogen (secondary N) is 1. The van der Waals surface area contributed by atoms with E-state index >= 15 is 0 Å². The number of aliphatic hydroxyl groups excluding tert-OH is 1. The van der Waals surface area contributed by atoms with Crippen LogP contribution < -0.4 is 10.1 Å². The van der Waals surface area contributed by atoms with Crippen LogP contribution in [0, 0.1) is 11.7 Å². The summed E-state index contributed by atoms with van der Waals surface area (Å²) in [7, 11) is 0. The molecule has 2 atom stereocenters. The first-order valence-electron chi connectivity index (χ1n) is 6.57. The van der Waals surface area contributed by atoms with Crippen molar-refractivity contribution in [3.63, 3.8) is 0 Å². The maximum atomic E-state index is 12.8. The van der Waals surface area contributed by atoms with Crippen LogP contribution in [0.15, 0.2) is 18.2 Å². The molecule has 1 aliphatic carbocycles. The molecule has 2 rings (SSSR count). The molecule has 0 radical (unpaired) electrons. The van der Waals surface area contributed by atoms with Crippen LogP contribution in [0.5, 0.6) is 5.75 Å². The first kappa shape index (κ1) is 15.1. The summed E-state index contributed by atoms with van der Waals surface area (Å²) in [5.41, 5.74) is 0. The molecule has 20 heavy (non-hydrogen) atoms. The fourth-order valence-electron chi connectivity index (χ4n) is 2.28. The van der Waals surface area contributed by atoms with Gasteiger partial charge in [0.25, 0.3) is 5.91 Å². The fourth-order valence-corrected chi connectivity index (χ4v) is 2.50. The summed E-state index contributed by atoms with van der Waals surface area (Å²) in [5, 5.41) is 12.3. The molecule has 0 aliphatic heterocycles. The second-order valence-electron chi connectivity index (χ2n) is 5.00. The molecule has 1 aliphatic rings. The molecule has 4 nitrogen and oxygen atoms in total. The number of hydrogen-bond acceptors (Lipinski definition) is 3. The summed E-state index contributed by atoms with van der Waals surface area (Å²) in [5.74, 6) is -0.110. The van der Waals surface area contributed by atoms with Gasteiger partial charge >= 0.3 is 0 Å². The van der Waals surface area contributed by atoms with Crippen molar-refractivity contribution >= 4 is 17.5 Å². The molecule has 2 unspecified atom stereocenters. The lowest BCUT2D eigenvalue weighted by Crippen LogP contribution is -2.32. The lowest BCUT2D eigenvalue weighted by atomic mass is 10.1. The van der Waals surface area contributed by atoms with Crippen molar-refractivity contribution in [2.24, 2.45) is 5.92 Å². The van der Waals surface area contributed by atoms with E-state index in [1.165, 1.54) is 12.1 Å². The van der Waals surface area contributed by atoms with E-state index in [0.29, 0.717) is 12.5 Å². The summed E-state index contributed by atoms with van der Waals surface area (Å²) in [6, 6.07) is 3.74. The quantitative estimate of drug-likeness (QED) is 0.876. The molecule has 0 bridgehead atoms. The predicted molar refractivity (Wildman–Crippen MR) is 73.3 cm³/mol. The van der Waals surface area contributed by atoms with Crippen LogP contribution >= 0.6 is 11.6 Å². The van der Waals surface area contributed by atoms with E-state index in [1.807, 2.05) is 0 Å². The SMILES string of the molecule is O=C(COc1ccc(F)cc1Cl)NCC1CCC(O)C1. The minimum absolute atomic E-state index is 0.136. The summed E-state index contributed by atoms with van der Waals surface area (Å²) in [4.78, 5) is 11.6. The molecule has 1 saturated carbocycles. The number of aliphatic hydroxyl groups is 1. The van der Waals surface area contributed by atoms with Crippen molar-refractivity contribution in [3.05, 3.63) is 29.0 Å². The number of ether oxygens (including phenoxy) is 1. The highest BCUT2D eigenvalue weighted by Crippen LogP contribution is 2.25. The van der Waals surface area contributed by atoms with E-state index in [0.717, 1.165) is 25.3 Å². The van der Waals surface area contributed by atoms with Gasteiger partial charge in [-0.1, -0.05) is 11.6 Å². The standard InChI is InChI=1S/C14H17ClFNO3/c15-12-6-10(16)2-4-13(12)20-8-14(19)17-7-9-1-3-11(18)5-9/h2,4,6,9,11,18H,1,3,5,7-8H2,(H,17,19). The van der Waals surface area contributed by atoms with E-state index < -0.39 is 5.82 Å². The van der Waals surface area contributed by atoms with Crippen molar-refractivity contribution in [2.45, 2.75) is 25.4 Å². The Kier molecular flexibility index (Phi) is 5.20. The highest BCUT2D eigenvalue weighted by atomic mass is 35.5. The van der Waals surface area contributed by atoms with Gasteiger partial charge in [-0.25, -0.2) is 4.39 Å². The van der Waals surface area contributed by atoms with Gasteiger partial charge in [0, 0.05) is 6.54 Å². The number of halogens is 2. The second-order valence-corrected chi connectivity index (χ2v) is 5.41. The zero-order valence-electron chi connectivity index (χ0n) is 10.9. The molecular weight excluding hydrogens is 285 g/mol. The monoisotopic (exact) mass is 301 g/mol. The van der Waals surface area contributed by atoms with Crippen molar-refractivity contribution in [1.82, 2.24) is 5.32 Å². The lowest BCUT2D eigenvalue weighted by Gasteiger charge is -2.12. The van der Waals surface area contributed by atoms with Gasteiger partial charge in [-0.15, -0.1) is 0 Å². The van der Waals surface area contributed by atoms with E-state index in [4.69, 9.17) is 16.3 Å². The van der Waals surface area contributed by atoms with Crippen LogP contribution in [0.3, 0.4) is 0 Å². The van der Waals surface area contributed by atoms with E-state index in [9.17, 15) is 14.3 Å². The smallest absolute Gasteiger partial charge is 0.257 e. The molecule has 1 aromatic carbocycles. The van der Waals surface area contributed by atoms with Crippen LogP contribution in [-0.2, 0) is 4.79 Å². The summed E-state index contributed by atoms with van der Waals surface area (Å²) in [6.07, 6.45) is 2.20. The van der Waals surface area contributed by atoms with Gasteiger partial charge in [0.2, 0.25) is 0 Å². The number of carbonyl (C=O) groups is 1. The molecule has 1 fully saturated rings. The van der Waals surface area contributed by atoms with Crippen molar-refractivity contribution in [3.8, 4) is 5.75 Å². The number of carbonyl (C=O) groups excluding carboxylic acids is 1. The molecule has 1 aromatic rings. The molecule has 1 amide bonds. The normalized spacial score (nSPS) is 21.8. The summed E-state index contributed by atoms with van der Waals surface area (Å²) in [6.45, 7) is 0.372. The topological polar surface area (TPSA) is 58.6 Å². The minimum Gasteiger partial charge on any atom is -0.482 e. The second kappa shape index (κ2) is 6.90. The van der Waals surface area contributed by atoms with Gasteiger partial charge in [0.1, 0.15) is 11.6 Å². The Morgan fingerprint density at radius 2 is 2.30 bits per heavy atom. The Bertz CT molecular complexity index is 483. The van der Waals surface area contributed by atoms with Crippen molar-refractivity contribution in [2.75, 3.05) is 13.2 Å². The lowest BCUT2D eigenvalue weighted by molar-refractivity contribution is -0.123. The van der Waals surface area contributed by atoms with Crippen LogP contribution in [0.25, 0.3) is 0 Å². The molecule has 6 heteroatoms. The molecule has 110 valence electrons.